The van der Waals surface area contributed by atoms with E-state index in [1.807, 2.05) is 13.0 Å². The minimum absolute atomic E-state index is 0.0489. The Morgan fingerprint density at radius 3 is 2.19 bits per heavy atom. The quantitative estimate of drug-likeness (QED) is 0.691. The Balaban J connectivity index is 2.12. The monoisotopic (exact) mass is 372 g/mol. The molecule has 7 heteroatoms. The zero-order valence-electron chi connectivity index (χ0n) is 15.5. The highest BCUT2D eigenvalue weighted by Crippen LogP contribution is 2.26. The summed E-state index contributed by atoms with van der Waals surface area (Å²) in [7, 11) is 1.56. The molecule has 7 nitrogen and oxygen atoms in total. The van der Waals surface area contributed by atoms with Crippen LogP contribution in [-0.2, 0) is 9.59 Å². The van der Waals surface area contributed by atoms with Gasteiger partial charge < -0.3 is 24.8 Å². The molecule has 0 fully saturated rings. The molecule has 0 radical (unpaired) electrons. The highest BCUT2D eigenvalue weighted by Gasteiger charge is 2.18. The van der Waals surface area contributed by atoms with Gasteiger partial charge in [-0.2, -0.15) is 0 Å². The maximum Gasteiger partial charge on any atom is 0.264 e. The fraction of sp³-hybridized carbons (Fsp3) is 0.300. The first-order chi connectivity index (χ1) is 13.0. The van der Waals surface area contributed by atoms with Gasteiger partial charge in [0, 0.05) is 18.7 Å². The minimum Gasteiger partial charge on any atom is -0.497 e. The first-order valence-electron chi connectivity index (χ1n) is 8.62. The summed E-state index contributed by atoms with van der Waals surface area (Å²) in [5, 5.41) is 0. The molecule has 2 N–H and O–H groups in total. The molecule has 0 spiro atoms. The van der Waals surface area contributed by atoms with Gasteiger partial charge in [0.15, 0.2) is 18.1 Å². The molecule has 0 heterocycles. The third-order valence-corrected chi connectivity index (χ3v) is 3.77. The van der Waals surface area contributed by atoms with Crippen LogP contribution >= 0.6 is 0 Å². The van der Waals surface area contributed by atoms with E-state index in [1.165, 1.54) is 4.90 Å². The standard InChI is InChI=1S/C20H24N2O5/c1-3-26-17-6-4-5-7-18(17)27-14-20(24)22(13-12-19(21)23)15-8-10-16(25-2)11-9-15/h4-11H,3,12-14H2,1-2H3,(H2,21,23). The summed E-state index contributed by atoms with van der Waals surface area (Å²) in [5.41, 5.74) is 5.87. The van der Waals surface area contributed by atoms with Gasteiger partial charge in [-0.3, -0.25) is 9.59 Å². The number of nitrogens with zero attached hydrogens (tertiary/aromatic N) is 1. The van der Waals surface area contributed by atoms with Crippen molar-refractivity contribution >= 4 is 17.5 Å². The Hall–Kier alpha value is -3.22. The fourth-order valence-electron chi connectivity index (χ4n) is 2.44. The third-order valence-electron chi connectivity index (χ3n) is 3.77. The van der Waals surface area contributed by atoms with Crippen LogP contribution in [0, 0.1) is 0 Å². The molecule has 2 amide bonds. The second kappa shape index (κ2) is 10.1. The van der Waals surface area contributed by atoms with Crippen molar-refractivity contribution in [2.24, 2.45) is 5.73 Å². The van der Waals surface area contributed by atoms with E-state index in [4.69, 9.17) is 19.9 Å². The number of benzene rings is 2. The van der Waals surface area contributed by atoms with Crippen molar-refractivity contribution in [3.05, 3.63) is 48.5 Å². The minimum atomic E-state index is -0.482. The number of methoxy groups -OCH3 is 1. The maximum absolute atomic E-state index is 12.7. The number of primary amides is 1. The summed E-state index contributed by atoms with van der Waals surface area (Å²) in [4.78, 5) is 25.4. The highest BCUT2D eigenvalue weighted by molar-refractivity contribution is 5.95. The molecule has 2 aromatic rings. The van der Waals surface area contributed by atoms with Crippen LogP contribution in [0.25, 0.3) is 0 Å². The molecule has 0 saturated carbocycles. The zero-order chi connectivity index (χ0) is 19.6. The van der Waals surface area contributed by atoms with Gasteiger partial charge in [0.25, 0.3) is 5.91 Å². The molecule has 0 aliphatic carbocycles. The number of hydrogen-bond donors (Lipinski definition) is 1. The Morgan fingerprint density at radius 1 is 1.00 bits per heavy atom. The predicted octanol–water partition coefficient (Wildman–Crippen LogP) is 2.38. The number of rotatable bonds is 10. The number of para-hydroxylation sites is 2. The second-order valence-electron chi connectivity index (χ2n) is 5.63. The van der Waals surface area contributed by atoms with Crippen molar-refractivity contribution < 1.29 is 23.8 Å². The van der Waals surface area contributed by atoms with Gasteiger partial charge in [-0.05, 0) is 43.3 Å². The molecule has 2 rings (SSSR count). The SMILES string of the molecule is CCOc1ccccc1OCC(=O)N(CCC(N)=O)c1ccc(OC)cc1. The summed E-state index contributed by atoms with van der Waals surface area (Å²) in [6, 6.07) is 14.1. The largest absolute Gasteiger partial charge is 0.497 e. The smallest absolute Gasteiger partial charge is 0.264 e. The summed E-state index contributed by atoms with van der Waals surface area (Å²) < 4.78 is 16.3. The van der Waals surface area contributed by atoms with Crippen molar-refractivity contribution in [2.45, 2.75) is 13.3 Å². The number of carbonyl (C=O) groups excluding carboxylic acids is 2. The first-order valence-corrected chi connectivity index (χ1v) is 8.62. The van der Waals surface area contributed by atoms with E-state index in [0.29, 0.717) is 29.5 Å². The Morgan fingerprint density at radius 2 is 1.63 bits per heavy atom. The molecule has 0 bridgehead atoms. The van der Waals surface area contributed by atoms with Crippen LogP contribution in [0.1, 0.15) is 13.3 Å². The van der Waals surface area contributed by atoms with Crippen LogP contribution in [0.5, 0.6) is 17.2 Å². The van der Waals surface area contributed by atoms with Crippen LogP contribution in [-0.4, -0.2) is 38.7 Å². The van der Waals surface area contributed by atoms with E-state index in [0.717, 1.165) is 0 Å². The van der Waals surface area contributed by atoms with Gasteiger partial charge >= 0.3 is 0 Å². The van der Waals surface area contributed by atoms with Crippen LogP contribution < -0.4 is 24.8 Å². The molecule has 0 aliphatic heterocycles. The summed E-state index contributed by atoms with van der Waals surface area (Å²) in [6.07, 6.45) is 0.0489. The van der Waals surface area contributed by atoms with Gasteiger partial charge in [-0.25, -0.2) is 0 Å². The van der Waals surface area contributed by atoms with E-state index in [1.54, 1.807) is 49.6 Å². The summed E-state index contributed by atoms with van der Waals surface area (Å²) in [5.74, 6) is 0.942. The molecule has 27 heavy (non-hydrogen) atoms. The fourth-order valence-corrected chi connectivity index (χ4v) is 2.44. The van der Waals surface area contributed by atoms with Crippen molar-refractivity contribution in [1.29, 1.82) is 0 Å². The number of nitrogens with two attached hydrogens (primary N) is 1. The third kappa shape index (κ3) is 5.91. The Labute approximate surface area is 158 Å². The lowest BCUT2D eigenvalue weighted by Crippen LogP contribution is -2.37. The molecule has 0 aliphatic rings. The van der Waals surface area contributed by atoms with Crippen molar-refractivity contribution in [1.82, 2.24) is 0 Å². The molecule has 0 atom stereocenters. The van der Waals surface area contributed by atoms with Crippen molar-refractivity contribution in [2.75, 3.05) is 31.8 Å². The van der Waals surface area contributed by atoms with Crippen molar-refractivity contribution in [3.63, 3.8) is 0 Å². The highest BCUT2D eigenvalue weighted by atomic mass is 16.5. The normalized spacial score (nSPS) is 10.1. The van der Waals surface area contributed by atoms with E-state index in [-0.39, 0.29) is 25.5 Å². The van der Waals surface area contributed by atoms with E-state index >= 15 is 0 Å². The average molecular weight is 372 g/mol. The number of amides is 2. The molecular formula is C20H24N2O5. The Bertz CT molecular complexity index is 761. The van der Waals surface area contributed by atoms with Crippen LogP contribution in [0.4, 0.5) is 5.69 Å². The lowest BCUT2D eigenvalue weighted by Gasteiger charge is -2.23. The number of ether oxygens (including phenoxy) is 3. The van der Waals surface area contributed by atoms with E-state index < -0.39 is 5.91 Å². The number of carbonyl (C=O) groups is 2. The van der Waals surface area contributed by atoms with Crippen LogP contribution in [0.15, 0.2) is 48.5 Å². The van der Waals surface area contributed by atoms with Gasteiger partial charge in [0.05, 0.1) is 13.7 Å². The van der Waals surface area contributed by atoms with Gasteiger partial charge in [0.1, 0.15) is 5.75 Å². The molecule has 0 unspecified atom stereocenters. The molecule has 0 aromatic heterocycles. The second-order valence-corrected chi connectivity index (χ2v) is 5.63. The summed E-state index contributed by atoms with van der Waals surface area (Å²) in [6.45, 7) is 2.33. The maximum atomic E-state index is 12.7. The molecule has 2 aromatic carbocycles. The predicted molar refractivity (Wildman–Crippen MR) is 102 cm³/mol. The van der Waals surface area contributed by atoms with Crippen molar-refractivity contribution in [3.8, 4) is 17.2 Å². The average Bonchev–Trinajstić information content (AvgIpc) is 2.68. The Kier molecular flexibility index (Phi) is 7.49. The number of anilines is 1. The summed E-state index contributed by atoms with van der Waals surface area (Å²) >= 11 is 0. The van der Waals surface area contributed by atoms with Gasteiger partial charge in [-0.15, -0.1) is 0 Å². The number of hydrogen-bond acceptors (Lipinski definition) is 5. The lowest BCUT2D eigenvalue weighted by molar-refractivity contribution is -0.120. The van der Waals surface area contributed by atoms with Gasteiger partial charge in [-0.1, -0.05) is 12.1 Å². The molecule has 0 saturated heterocycles. The van der Waals surface area contributed by atoms with E-state index in [9.17, 15) is 9.59 Å². The topological polar surface area (TPSA) is 91.1 Å². The van der Waals surface area contributed by atoms with Gasteiger partial charge in [0.2, 0.25) is 5.91 Å². The first kappa shape index (κ1) is 20.1. The molecule has 144 valence electrons. The lowest BCUT2D eigenvalue weighted by atomic mass is 10.2. The van der Waals surface area contributed by atoms with Crippen LogP contribution in [0.3, 0.4) is 0 Å². The van der Waals surface area contributed by atoms with Crippen LogP contribution in [0.2, 0.25) is 0 Å². The van der Waals surface area contributed by atoms with E-state index in [2.05, 4.69) is 0 Å². The zero-order valence-corrected chi connectivity index (χ0v) is 15.5. The molecular weight excluding hydrogens is 348 g/mol.